The number of anilines is 1. The average Bonchev–Trinajstić information content (AvgIpc) is 2.39. The molecule has 21 heavy (non-hydrogen) atoms. The molecule has 1 rings (SSSR count). The van der Waals surface area contributed by atoms with E-state index in [1.165, 1.54) is 6.07 Å². The molecule has 0 fully saturated rings. The van der Waals surface area contributed by atoms with E-state index in [9.17, 15) is 14.4 Å². The monoisotopic (exact) mass is 334 g/mol. The fraction of sp³-hybridized carbons (Fsp3) is 0.250. The lowest BCUT2D eigenvalue weighted by Crippen LogP contribution is -2.31. The lowest BCUT2D eigenvalue weighted by molar-refractivity contribution is -0.138. The highest BCUT2D eigenvalue weighted by Gasteiger charge is 2.17. The second kappa shape index (κ2) is 7.26. The number of halogens is 2. The van der Waals surface area contributed by atoms with Crippen LogP contribution >= 0.6 is 23.2 Å². The third kappa shape index (κ3) is 4.89. The molecule has 0 heterocycles. The van der Waals surface area contributed by atoms with Crippen LogP contribution in [0.5, 0.6) is 0 Å². The van der Waals surface area contributed by atoms with Crippen molar-refractivity contribution in [2.24, 2.45) is 5.73 Å². The number of aromatic carboxylic acids is 1. The number of rotatable bonds is 6. The SMILES string of the molecule is NC(CCC(=O)Nc1cc(Cl)cc(C(=O)O)c1Cl)C(=O)O. The zero-order valence-corrected chi connectivity index (χ0v) is 12.1. The Labute approximate surface area is 129 Å². The van der Waals surface area contributed by atoms with Crippen molar-refractivity contribution in [2.45, 2.75) is 18.9 Å². The van der Waals surface area contributed by atoms with Crippen LogP contribution in [-0.4, -0.2) is 34.1 Å². The quantitative estimate of drug-likeness (QED) is 0.627. The maximum atomic E-state index is 11.7. The molecule has 0 radical (unpaired) electrons. The highest BCUT2D eigenvalue weighted by atomic mass is 35.5. The number of carbonyl (C=O) groups excluding carboxylic acids is 1. The molecule has 0 bridgehead atoms. The van der Waals surface area contributed by atoms with Crippen molar-refractivity contribution in [1.82, 2.24) is 0 Å². The first-order chi connectivity index (χ1) is 9.72. The molecular weight excluding hydrogens is 323 g/mol. The van der Waals surface area contributed by atoms with Crippen LogP contribution in [0.3, 0.4) is 0 Å². The van der Waals surface area contributed by atoms with Crippen molar-refractivity contribution in [3.63, 3.8) is 0 Å². The van der Waals surface area contributed by atoms with Gasteiger partial charge < -0.3 is 21.3 Å². The molecule has 1 atom stereocenters. The number of benzene rings is 1. The van der Waals surface area contributed by atoms with Crippen molar-refractivity contribution >= 4 is 46.7 Å². The van der Waals surface area contributed by atoms with Crippen molar-refractivity contribution in [3.8, 4) is 0 Å². The Kier molecular flexibility index (Phi) is 5.95. The zero-order chi connectivity index (χ0) is 16.2. The first-order valence-corrected chi connectivity index (χ1v) is 6.48. The van der Waals surface area contributed by atoms with Gasteiger partial charge in [0.2, 0.25) is 5.91 Å². The van der Waals surface area contributed by atoms with Gasteiger partial charge in [0.05, 0.1) is 16.3 Å². The lowest BCUT2D eigenvalue weighted by Gasteiger charge is -2.11. The topological polar surface area (TPSA) is 130 Å². The Bertz CT molecular complexity index is 591. The van der Waals surface area contributed by atoms with Crippen LogP contribution in [0, 0.1) is 0 Å². The molecule has 1 aromatic rings. The van der Waals surface area contributed by atoms with Crippen molar-refractivity contribution in [1.29, 1.82) is 0 Å². The summed E-state index contributed by atoms with van der Waals surface area (Å²) in [5, 5.41) is 19.9. The highest BCUT2D eigenvalue weighted by Crippen LogP contribution is 2.30. The van der Waals surface area contributed by atoms with E-state index in [0.717, 1.165) is 6.07 Å². The third-order valence-corrected chi connectivity index (χ3v) is 3.17. The molecule has 0 saturated heterocycles. The van der Waals surface area contributed by atoms with Crippen LogP contribution in [0.1, 0.15) is 23.2 Å². The molecule has 0 spiro atoms. The van der Waals surface area contributed by atoms with Crippen LogP contribution in [0.15, 0.2) is 12.1 Å². The normalized spacial score (nSPS) is 11.8. The molecule has 0 aliphatic carbocycles. The van der Waals surface area contributed by atoms with Crippen LogP contribution in [0.4, 0.5) is 5.69 Å². The summed E-state index contributed by atoms with van der Waals surface area (Å²) in [6, 6.07) is 1.30. The molecule has 7 nitrogen and oxygen atoms in total. The fourth-order valence-corrected chi connectivity index (χ4v) is 1.91. The van der Waals surface area contributed by atoms with Gasteiger partial charge in [-0.25, -0.2) is 4.79 Å². The average molecular weight is 335 g/mol. The van der Waals surface area contributed by atoms with Gasteiger partial charge in [0.1, 0.15) is 6.04 Å². The van der Waals surface area contributed by atoms with Gasteiger partial charge in [-0.05, 0) is 18.6 Å². The maximum Gasteiger partial charge on any atom is 0.337 e. The fourth-order valence-electron chi connectivity index (χ4n) is 1.46. The molecule has 1 aromatic carbocycles. The molecule has 0 aliphatic rings. The molecular formula is C12H12Cl2N2O5. The molecule has 1 amide bonds. The predicted octanol–water partition coefficient (Wildman–Crippen LogP) is 1.82. The number of carbonyl (C=O) groups is 3. The van der Waals surface area contributed by atoms with E-state index in [2.05, 4.69) is 5.32 Å². The molecule has 1 unspecified atom stereocenters. The van der Waals surface area contributed by atoms with Crippen molar-refractivity contribution in [2.75, 3.05) is 5.32 Å². The smallest absolute Gasteiger partial charge is 0.337 e. The summed E-state index contributed by atoms with van der Waals surface area (Å²) >= 11 is 11.6. The van der Waals surface area contributed by atoms with E-state index in [1.807, 2.05) is 0 Å². The summed E-state index contributed by atoms with van der Waals surface area (Å²) in [4.78, 5) is 33.2. The summed E-state index contributed by atoms with van der Waals surface area (Å²) < 4.78 is 0. The Morgan fingerprint density at radius 3 is 2.38 bits per heavy atom. The number of amides is 1. The van der Waals surface area contributed by atoms with Crippen molar-refractivity contribution < 1.29 is 24.6 Å². The van der Waals surface area contributed by atoms with Gasteiger partial charge in [0.15, 0.2) is 0 Å². The van der Waals surface area contributed by atoms with E-state index in [4.69, 9.17) is 39.1 Å². The van der Waals surface area contributed by atoms with Crippen LogP contribution in [0.2, 0.25) is 10.0 Å². The van der Waals surface area contributed by atoms with Crippen molar-refractivity contribution in [3.05, 3.63) is 27.7 Å². The minimum atomic E-state index is -1.29. The molecule has 114 valence electrons. The van der Waals surface area contributed by atoms with E-state index >= 15 is 0 Å². The number of nitrogens with one attached hydrogen (secondary N) is 1. The second-order valence-corrected chi connectivity index (χ2v) is 4.97. The van der Waals surface area contributed by atoms with E-state index in [-0.39, 0.29) is 34.1 Å². The summed E-state index contributed by atoms with van der Waals surface area (Å²) in [6.07, 6.45) is -0.218. The molecule has 5 N–H and O–H groups in total. The van der Waals surface area contributed by atoms with Gasteiger partial charge >= 0.3 is 11.9 Å². The minimum absolute atomic E-state index is 0.0375. The number of carboxylic acids is 2. The minimum Gasteiger partial charge on any atom is -0.480 e. The number of hydrogen-bond acceptors (Lipinski definition) is 4. The van der Waals surface area contributed by atoms with E-state index in [1.54, 1.807) is 0 Å². The lowest BCUT2D eigenvalue weighted by atomic mass is 10.1. The summed E-state index contributed by atoms with van der Waals surface area (Å²) in [6.45, 7) is 0. The Morgan fingerprint density at radius 2 is 1.86 bits per heavy atom. The number of aliphatic carboxylic acids is 1. The van der Waals surface area contributed by atoms with Gasteiger partial charge in [-0.2, -0.15) is 0 Å². The van der Waals surface area contributed by atoms with Gasteiger partial charge in [-0.1, -0.05) is 23.2 Å². The standard InChI is InChI=1S/C12H12Cl2N2O5/c13-5-3-6(11(18)19)10(14)8(4-5)16-9(17)2-1-7(15)12(20)21/h3-4,7H,1-2,15H2,(H,16,17)(H,18,19)(H,20,21). The van der Waals surface area contributed by atoms with Crippen LogP contribution < -0.4 is 11.1 Å². The molecule has 0 aromatic heterocycles. The van der Waals surface area contributed by atoms with Crippen LogP contribution in [0.25, 0.3) is 0 Å². The third-order valence-electron chi connectivity index (χ3n) is 2.54. The Morgan fingerprint density at radius 1 is 1.24 bits per heavy atom. The van der Waals surface area contributed by atoms with E-state index < -0.39 is 23.9 Å². The molecule has 0 aliphatic heterocycles. The number of carboxylic acid groups (broad SMARTS) is 2. The highest BCUT2D eigenvalue weighted by molar-refractivity contribution is 6.38. The van der Waals surface area contributed by atoms with Gasteiger partial charge in [-0.15, -0.1) is 0 Å². The number of nitrogens with two attached hydrogens (primary N) is 1. The summed E-state index contributed by atoms with van der Waals surface area (Å²) in [5.74, 6) is -3.05. The Hall–Kier alpha value is -1.83. The predicted molar refractivity (Wildman–Crippen MR) is 76.9 cm³/mol. The van der Waals surface area contributed by atoms with Gasteiger partial charge in [0.25, 0.3) is 0 Å². The second-order valence-electron chi connectivity index (χ2n) is 4.15. The summed E-state index contributed by atoms with van der Waals surface area (Å²) in [7, 11) is 0. The van der Waals surface area contributed by atoms with Gasteiger partial charge in [0, 0.05) is 11.4 Å². The van der Waals surface area contributed by atoms with Gasteiger partial charge in [-0.3, -0.25) is 9.59 Å². The van der Waals surface area contributed by atoms with Crippen LogP contribution in [-0.2, 0) is 9.59 Å². The number of hydrogen-bond donors (Lipinski definition) is 4. The largest absolute Gasteiger partial charge is 0.480 e. The maximum absolute atomic E-state index is 11.7. The first kappa shape index (κ1) is 17.2. The Balaban J connectivity index is 2.81. The molecule has 9 heteroatoms. The zero-order valence-electron chi connectivity index (χ0n) is 10.6. The molecule has 0 saturated carbocycles. The van der Waals surface area contributed by atoms with E-state index in [0.29, 0.717) is 0 Å². The summed E-state index contributed by atoms with van der Waals surface area (Å²) in [5.41, 5.74) is 5.06. The first-order valence-electron chi connectivity index (χ1n) is 5.73.